The van der Waals surface area contributed by atoms with Crippen molar-refractivity contribution in [1.29, 1.82) is 0 Å². The van der Waals surface area contributed by atoms with Crippen LogP contribution in [0.2, 0.25) is 0 Å². The molecule has 1 aliphatic rings. The van der Waals surface area contributed by atoms with Gasteiger partial charge in [0.1, 0.15) is 0 Å². The zero-order valence-electron chi connectivity index (χ0n) is 7.71. The molecule has 1 heterocycles. The van der Waals surface area contributed by atoms with Gasteiger partial charge < -0.3 is 14.6 Å². The van der Waals surface area contributed by atoms with Crippen LogP contribution in [0.3, 0.4) is 0 Å². The molecule has 72 valence electrons. The molecule has 3 heteroatoms. The Bertz CT molecular complexity index is 115. The Kier molecular flexibility index (Phi) is 3.98. The van der Waals surface area contributed by atoms with Crippen molar-refractivity contribution in [2.24, 2.45) is 5.41 Å². The molecule has 1 aliphatic heterocycles. The van der Waals surface area contributed by atoms with Gasteiger partial charge in [-0.1, -0.05) is 13.3 Å². The number of ether oxygens (including phenoxy) is 2. The second-order valence-electron chi connectivity index (χ2n) is 3.56. The average Bonchev–Trinajstić information content (AvgIpc) is 2.02. The van der Waals surface area contributed by atoms with Crippen molar-refractivity contribution in [1.82, 2.24) is 0 Å². The molecule has 0 unspecified atom stereocenters. The minimum absolute atomic E-state index is 0.0757. The predicted octanol–water partition coefficient (Wildman–Crippen LogP) is 0.812. The van der Waals surface area contributed by atoms with Crippen LogP contribution in [-0.4, -0.2) is 38.1 Å². The first-order valence-corrected chi connectivity index (χ1v) is 4.59. The van der Waals surface area contributed by atoms with E-state index in [0.29, 0.717) is 19.8 Å². The summed E-state index contributed by atoms with van der Waals surface area (Å²) in [5, 5.41) is 9.03. The van der Waals surface area contributed by atoms with E-state index in [1.165, 1.54) is 0 Å². The highest BCUT2D eigenvalue weighted by atomic mass is 16.5. The van der Waals surface area contributed by atoms with E-state index in [2.05, 4.69) is 6.92 Å². The second kappa shape index (κ2) is 4.80. The van der Waals surface area contributed by atoms with Gasteiger partial charge in [0.25, 0.3) is 0 Å². The second-order valence-corrected chi connectivity index (χ2v) is 3.56. The van der Waals surface area contributed by atoms with Crippen LogP contribution in [0, 0.1) is 5.41 Å². The Labute approximate surface area is 73.7 Å². The molecular weight excluding hydrogens is 156 g/mol. The summed E-state index contributed by atoms with van der Waals surface area (Å²) in [6, 6.07) is 0. The third-order valence-corrected chi connectivity index (χ3v) is 2.20. The average molecular weight is 174 g/mol. The normalized spacial score (nSPS) is 20.5. The molecule has 0 aromatic heterocycles. The number of aliphatic hydroxyl groups excluding tert-OH is 1. The predicted molar refractivity (Wildman–Crippen MR) is 46.1 cm³/mol. The summed E-state index contributed by atoms with van der Waals surface area (Å²) in [5.41, 5.74) is -0.0757. The Morgan fingerprint density at radius 1 is 1.50 bits per heavy atom. The topological polar surface area (TPSA) is 38.7 Å². The third-order valence-electron chi connectivity index (χ3n) is 2.20. The molecule has 0 aromatic carbocycles. The number of aliphatic hydroxyl groups is 1. The first kappa shape index (κ1) is 9.96. The van der Waals surface area contributed by atoms with Crippen LogP contribution < -0.4 is 0 Å². The van der Waals surface area contributed by atoms with Gasteiger partial charge in [0.05, 0.1) is 31.8 Å². The molecule has 1 rings (SSSR count). The largest absolute Gasteiger partial charge is 0.396 e. The maximum absolute atomic E-state index is 9.03. The minimum Gasteiger partial charge on any atom is -0.396 e. The quantitative estimate of drug-likeness (QED) is 0.606. The molecule has 0 amide bonds. The molecule has 12 heavy (non-hydrogen) atoms. The summed E-state index contributed by atoms with van der Waals surface area (Å²) < 4.78 is 10.5. The molecule has 0 aromatic rings. The molecule has 0 saturated carbocycles. The van der Waals surface area contributed by atoms with Crippen molar-refractivity contribution >= 4 is 0 Å². The lowest BCUT2D eigenvalue weighted by Gasteiger charge is -2.39. The Morgan fingerprint density at radius 3 is 2.67 bits per heavy atom. The van der Waals surface area contributed by atoms with Gasteiger partial charge in [0.2, 0.25) is 0 Å². The van der Waals surface area contributed by atoms with Gasteiger partial charge in [-0.2, -0.15) is 0 Å². The van der Waals surface area contributed by atoms with Crippen molar-refractivity contribution < 1.29 is 14.6 Å². The summed E-state index contributed by atoms with van der Waals surface area (Å²) in [4.78, 5) is 0. The number of unbranched alkanes of at least 4 members (excludes halogenated alkanes) is 1. The third kappa shape index (κ3) is 2.44. The minimum atomic E-state index is -0.0757. The van der Waals surface area contributed by atoms with Gasteiger partial charge in [-0.05, 0) is 6.42 Å². The molecular formula is C9H18O3. The number of hydrogen-bond acceptors (Lipinski definition) is 3. The lowest BCUT2D eigenvalue weighted by atomic mass is 9.88. The van der Waals surface area contributed by atoms with Crippen LogP contribution in [0.1, 0.15) is 19.8 Å². The maximum atomic E-state index is 9.03. The Balaban J connectivity index is 2.04. The highest BCUT2D eigenvalue weighted by Gasteiger charge is 2.38. The van der Waals surface area contributed by atoms with E-state index >= 15 is 0 Å². The summed E-state index contributed by atoms with van der Waals surface area (Å²) >= 11 is 0. The van der Waals surface area contributed by atoms with Gasteiger partial charge in [-0.25, -0.2) is 0 Å². The van der Waals surface area contributed by atoms with Crippen LogP contribution >= 0.6 is 0 Å². The fourth-order valence-corrected chi connectivity index (χ4v) is 1.15. The summed E-state index contributed by atoms with van der Waals surface area (Å²) in [6.45, 7) is 5.06. The molecule has 3 nitrogen and oxygen atoms in total. The Morgan fingerprint density at radius 2 is 2.25 bits per heavy atom. The van der Waals surface area contributed by atoms with E-state index in [9.17, 15) is 0 Å². The Hall–Kier alpha value is -0.120. The molecule has 0 aliphatic carbocycles. The van der Waals surface area contributed by atoms with Crippen LogP contribution in [0.15, 0.2) is 0 Å². The summed E-state index contributed by atoms with van der Waals surface area (Å²) in [5.74, 6) is 0. The molecule has 1 N–H and O–H groups in total. The highest BCUT2D eigenvalue weighted by molar-refractivity contribution is 4.84. The van der Waals surface area contributed by atoms with E-state index < -0.39 is 0 Å². The van der Waals surface area contributed by atoms with E-state index in [1.54, 1.807) is 0 Å². The number of hydrogen-bond donors (Lipinski definition) is 1. The van der Waals surface area contributed by atoms with Crippen molar-refractivity contribution in [3.8, 4) is 0 Å². The van der Waals surface area contributed by atoms with Crippen molar-refractivity contribution in [3.05, 3.63) is 0 Å². The van der Waals surface area contributed by atoms with Crippen LogP contribution in [0.4, 0.5) is 0 Å². The maximum Gasteiger partial charge on any atom is 0.0635 e. The monoisotopic (exact) mass is 174 g/mol. The molecule has 0 radical (unpaired) electrons. The summed E-state index contributed by atoms with van der Waals surface area (Å²) in [6.07, 6.45) is 2.25. The first-order chi connectivity index (χ1) is 5.83. The van der Waals surface area contributed by atoms with Crippen molar-refractivity contribution in [2.45, 2.75) is 19.8 Å². The van der Waals surface area contributed by atoms with Crippen molar-refractivity contribution in [2.75, 3.05) is 33.0 Å². The molecule has 0 bridgehead atoms. The molecule has 1 saturated heterocycles. The number of rotatable bonds is 6. The molecule has 0 spiro atoms. The smallest absolute Gasteiger partial charge is 0.0635 e. The fourth-order valence-electron chi connectivity index (χ4n) is 1.15. The van der Waals surface area contributed by atoms with Crippen LogP contribution in [0.5, 0.6) is 0 Å². The van der Waals surface area contributed by atoms with Gasteiger partial charge in [-0.15, -0.1) is 0 Å². The van der Waals surface area contributed by atoms with E-state index in [-0.39, 0.29) is 12.0 Å². The fraction of sp³-hybridized carbons (Fsp3) is 1.00. The van der Waals surface area contributed by atoms with Gasteiger partial charge >= 0.3 is 0 Å². The lowest BCUT2D eigenvalue weighted by molar-refractivity contribution is -0.168. The van der Waals surface area contributed by atoms with E-state index in [0.717, 1.165) is 19.4 Å². The zero-order valence-corrected chi connectivity index (χ0v) is 7.71. The highest BCUT2D eigenvalue weighted by Crippen LogP contribution is 2.26. The van der Waals surface area contributed by atoms with Gasteiger partial charge in [0.15, 0.2) is 0 Å². The van der Waals surface area contributed by atoms with Gasteiger partial charge in [0, 0.05) is 6.61 Å². The van der Waals surface area contributed by atoms with Crippen molar-refractivity contribution in [3.63, 3.8) is 0 Å². The summed E-state index contributed by atoms with van der Waals surface area (Å²) in [7, 11) is 0. The molecule has 1 fully saturated rings. The first-order valence-electron chi connectivity index (χ1n) is 4.59. The van der Waals surface area contributed by atoms with Crippen LogP contribution in [-0.2, 0) is 9.47 Å². The van der Waals surface area contributed by atoms with Crippen LogP contribution in [0.25, 0.3) is 0 Å². The van der Waals surface area contributed by atoms with E-state index in [1.807, 2.05) is 0 Å². The zero-order chi connectivity index (χ0) is 8.86. The molecule has 0 atom stereocenters. The SMILES string of the molecule is CCCCOCC1(CO)COC1. The standard InChI is InChI=1S/C9H18O3/c1-2-3-4-11-6-9(5-10)7-12-8-9/h10H,2-8H2,1H3. The lowest BCUT2D eigenvalue weighted by Crippen LogP contribution is -2.49. The van der Waals surface area contributed by atoms with Gasteiger partial charge in [-0.3, -0.25) is 0 Å². The van der Waals surface area contributed by atoms with E-state index in [4.69, 9.17) is 14.6 Å².